The number of fused-ring (bicyclic) bond motifs is 4. The van der Waals surface area contributed by atoms with Gasteiger partial charge in [-0.1, -0.05) is 53.6 Å². The number of hydrogen-bond donors (Lipinski definition) is 2. The van der Waals surface area contributed by atoms with Crippen LogP contribution in [0.3, 0.4) is 0 Å². The van der Waals surface area contributed by atoms with Crippen molar-refractivity contribution >= 4 is 34.9 Å². The predicted octanol–water partition coefficient (Wildman–Crippen LogP) is 3.47. The fourth-order valence-electron chi connectivity index (χ4n) is 4.12. The third-order valence-corrected chi connectivity index (χ3v) is 5.85. The highest BCUT2D eigenvalue weighted by Crippen LogP contribution is 2.51. The molecule has 1 spiro atoms. The summed E-state index contributed by atoms with van der Waals surface area (Å²) in [6.07, 6.45) is 1.70. The number of anilines is 2. The zero-order valence-corrected chi connectivity index (χ0v) is 15.9. The monoisotopic (exact) mass is 392 g/mol. The molecule has 28 heavy (non-hydrogen) atoms. The molecule has 3 aromatic rings. The highest BCUT2D eigenvalue weighted by atomic mass is 35.5. The second-order valence-corrected chi connectivity index (χ2v) is 7.70. The lowest BCUT2D eigenvalue weighted by Gasteiger charge is -2.31. The molecule has 5 rings (SSSR count). The molecule has 2 aliphatic rings. The van der Waals surface area contributed by atoms with Crippen molar-refractivity contribution in [3.8, 4) is 0 Å². The number of halogens is 1. The number of rotatable bonds is 2. The van der Waals surface area contributed by atoms with Crippen LogP contribution in [0.5, 0.6) is 0 Å². The minimum absolute atomic E-state index is 0.0232. The van der Waals surface area contributed by atoms with E-state index < -0.39 is 5.41 Å². The number of aryl methyl sites for hydroxylation is 1. The topological polar surface area (TPSA) is 76.0 Å². The van der Waals surface area contributed by atoms with Gasteiger partial charge in [0, 0.05) is 12.0 Å². The predicted molar refractivity (Wildman–Crippen MR) is 107 cm³/mol. The number of carbonyl (C=O) groups is 2. The van der Waals surface area contributed by atoms with Crippen LogP contribution >= 0.6 is 11.6 Å². The maximum Gasteiger partial charge on any atom is 0.240 e. The van der Waals surface area contributed by atoms with Gasteiger partial charge in [0.25, 0.3) is 0 Å². The van der Waals surface area contributed by atoms with Gasteiger partial charge in [-0.3, -0.25) is 9.59 Å². The Morgan fingerprint density at radius 3 is 2.68 bits per heavy atom. The van der Waals surface area contributed by atoms with Crippen molar-refractivity contribution in [3.05, 3.63) is 75.9 Å². The summed E-state index contributed by atoms with van der Waals surface area (Å²) in [6, 6.07) is 13.5. The molecule has 2 N–H and O–H groups in total. The number of hydrogen-bond acceptors (Lipinski definition) is 3. The van der Waals surface area contributed by atoms with E-state index in [2.05, 4.69) is 15.7 Å². The van der Waals surface area contributed by atoms with Crippen molar-refractivity contribution in [2.75, 3.05) is 10.6 Å². The number of nitrogens with zero attached hydrogens (tertiary/aromatic N) is 2. The summed E-state index contributed by atoms with van der Waals surface area (Å²) in [4.78, 5) is 25.7. The van der Waals surface area contributed by atoms with Gasteiger partial charge in [-0.15, -0.1) is 0 Å². The lowest BCUT2D eigenvalue weighted by atomic mass is 9.72. The largest absolute Gasteiger partial charge is 0.323 e. The molecule has 0 bridgehead atoms. The van der Waals surface area contributed by atoms with Gasteiger partial charge in [0.1, 0.15) is 11.2 Å². The van der Waals surface area contributed by atoms with E-state index in [4.69, 9.17) is 11.6 Å². The number of benzene rings is 2. The van der Waals surface area contributed by atoms with E-state index in [-0.39, 0.29) is 18.2 Å². The van der Waals surface area contributed by atoms with E-state index in [1.54, 1.807) is 23.0 Å². The Kier molecular flexibility index (Phi) is 3.61. The van der Waals surface area contributed by atoms with Gasteiger partial charge in [-0.25, -0.2) is 4.68 Å². The van der Waals surface area contributed by atoms with E-state index >= 15 is 0 Å². The molecule has 2 amide bonds. The molecule has 1 atom stereocenters. The summed E-state index contributed by atoms with van der Waals surface area (Å²) >= 11 is 6.29. The van der Waals surface area contributed by atoms with Crippen LogP contribution in [0.1, 0.15) is 28.7 Å². The first-order valence-electron chi connectivity index (χ1n) is 9.01. The molecule has 2 aliphatic heterocycles. The Labute approximate surface area is 166 Å². The quantitative estimate of drug-likeness (QED) is 0.701. The first kappa shape index (κ1) is 17.0. The van der Waals surface area contributed by atoms with Gasteiger partial charge in [0.2, 0.25) is 11.8 Å². The van der Waals surface area contributed by atoms with E-state index in [1.807, 2.05) is 37.3 Å². The third kappa shape index (κ3) is 2.31. The summed E-state index contributed by atoms with van der Waals surface area (Å²) in [5, 5.41) is 10.7. The minimum Gasteiger partial charge on any atom is -0.323 e. The molecule has 0 saturated carbocycles. The lowest BCUT2D eigenvalue weighted by Crippen LogP contribution is -2.43. The van der Waals surface area contributed by atoms with Crippen LogP contribution in [0.15, 0.2) is 48.7 Å². The molecule has 0 unspecified atom stereocenters. The Hall–Kier alpha value is -3.12. The fraction of sp³-hybridized carbons (Fsp3) is 0.190. The Morgan fingerprint density at radius 1 is 1.11 bits per heavy atom. The minimum atomic E-state index is -1.11. The molecular weight excluding hydrogens is 376 g/mol. The molecule has 7 heteroatoms. The van der Waals surface area contributed by atoms with Gasteiger partial charge in [0.15, 0.2) is 0 Å². The van der Waals surface area contributed by atoms with Gasteiger partial charge in [-0.05, 0) is 24.1 Å². The lowest BCUT2D eigenvalue weighted by molar-refractivity contribution is -0.125. The van der Waals surface area contributed by atoms with E-state index in [0.717, 1.165) is 11.1 Å². The molecule has 6 nitrogen and oxygen atoms in total. The Bertz CT molecular complexity index is 1140. The van der Waals surface area contributed by atoms with Crippen molar-refractivity contribution < 1.29 is 9.59 Å². The molecular formula is C21H17ClN4O2. The van der Waals surface area contributed by atoms with Crippen LogP contribution in [-0.2, 0) is 21.5 Å². The Morgan fingerprint density at radius 2 is 1.89 bits per heavy atom. The maximum atomic E-state index is 13.1. The van der Waals surface area contributed by atoms with Crippen molar-refractivity contribution in [1.82, 2.24) is 9.78 Å². The van der Waals surface area contributed by atoms with Crippen molar-refractivity contribution in [3.63, 3.8) is 0 Å². The van der Waals surface area contributed by atoms with Crippen LogP contribution in [0.25, 0.3) is 0 Å². The molecule has 0 radical (unpaired) electrons. The highest BCUT2D eigenvalue weighted by Gasteiger charge is 2.54. The number of carbonyl (C=O) groups excluding carboxylic acids is 2. The SMILES string of the molecule is Cc1ccc(Cn2ncc3c2NC(=O)C[C@]32C(=O)Nc3c(Cl)cccc32)cc1. The summed E-state index contributed by atoms with van der Waals surface area (Å²) in [6.45, 7) is 2.53. The number of amides is 2. The van der Waals surface area contributed by atoms with Gasteiger partial charge in [0.05, 0.1) is 23.5 Å². The van der Waals surface area contributed by atoms with Crippen LogP contribution in [-0.4, -0.2) is 21.6 Å². The average molecular weight is 393 g/mol. The Balaban J connectivity index is 1.65. The molecule has 2 aromatic carbocycles. The van der Waals surface area contributed by atoms with Gasteiger partial charge >= 0.3 is 0 Å². The zero-order chi connectivity index (χ0) is 19.5. The zero-order valence-electron chi connectivity index (χ0n) is 15.1. The highest BCUT2D eigenvalue weighted by molar-refractivity contribution is 6.35. The van der Waals surface area contributed by atoms with Crippen molar-refractivity contribution in [1.29, 1.82) is 0 Å². The van der Waals surface area contributed by atoms with Crippen LogP contribution in [0.2, 0.25) is 5.02 Å². The van der Waals surface area contributed by atoms with Crippen molar-refractivity contribution in [2.24, 2.45) is 0 Å². The molecule has 0 fully saturated rings. The standard InChI is InChI=1S/C21H17ClN4O2/c1-12-5-7-13(8-6-12)11-26-19-15(10-23-26)21(9-17(27)24-19)14-3-2-4-16(22)18(14)25-20(21)28/h2-8,10H,9,11H2,1H3,(H,24,27)(H,25,28)/t21-/m1/s1. The third-order valence-electron chi connectivity index (χ3n) is 5.54. The van der Waals surface area contributed by atoms with E-state index in [1.165, 1.54) is 5.56 Å². The number of para-hydroxylation sites is 1. The summed E-state index contributed by atoms with van der Waals surface area (Å²) < 4.78 is 1.73. The van der Waals surface area contributed by atoms with Crippen molar-refractivity contribution in [2.45, 2.75) is 25.3 Å². The number of nitrogens with one attached hydrogen (secondary N) is 2. The molecule has 0 aliphatic carbocycles. The summed E-state index contributed by atoms with van der Waals surface area (Å²) in [7, 11) is 0. The second kappa shape index (κ2) is 5.94. The van der Waals surface area contributed by atoms with E-state index in [0.29, 0.717) is 28.6 Å². The molecule has 3 heterocycles. The number of aromatic nitrogens is 2. The molecule has 1 aromatic heterocycles. The van der Waals surface area contributed by atoms with Crippen LogP contribution in [0.4, 0.5) is 11.5 Å². The normalized spacial score (nSPS) is 19.9. The second-order valence-electron chi connectivity index (χ2n) is 7.30. The summed E-state index contributed by atoms with van der Waals surface area (Å²) in [5.74, 6) is 0.0857. The molecule has 0 saturated heterocycles. The first-order chi connectivity index (χ1) is 13.5. The maximum absolute atomic E-state index is 13.1. The average Bonchev–Trinajstić information content (AvgIpc) is 3.19. The fourth-order valence-corrected chi connectivity index (χ4v) is 4.34. The van der Waals surface area contributed by atoms with E-state index in [9.17, 15) is 9.59 Å². The molecule has 140 valence electrons. The first-order valence-corrected chi connectivity index (χ1v) is 9.39. The summed E-state index contributed by atoms with van der Waals surface area (Å²) in [5.41, 5.74) is 3.11. The van der Waals surface area contributed by atoms with Gasteiger partial charge < -0.3 is 10.6 Å². The van der Waals surface area contributed by atoms with Gasteiger partial charge in [-0.2, -0.15) is 5.10 Å². The smallest absolute Gasteiger partial charge is 0.240 e. The van der Waals surface area contributed by atoms with Crippen LogP contribution in [0, 0.1) is 6.92 Å². The van der Waals surface area contributed by atoms with Crippen LogP contribution < -0.4 is 10.6 Å².